The molecule has 1 aliphatic rings. The molecular weight excluding hydrogens is 466 g/mol. The fourth-order valence-corrected chi connectivity index (χ4v) is 4.68. The summed E-state index contributed by atoms with van der Waals surface area (Å²) in [4.78, 5) is 28.0. The largest absolute Gasteiger partial charge is 0.507 e. The summed E-state index contributed by atoms with van der Waals surface area (Å²) in [6, 6.07) is 23.0. The fourth-order valence-electron chi connectivity index (χ4n) is 4.49. The minimum atomic E-state index is -1.01. The molecule has 1 fully saturated rings. The van der Waals surface area contributed by atoms with Crippen molar-refractivity contribution in [2.24, 2.45) is 0 Å². The van der Waals surface area contributed by atoms with E-state index in [0.717, 1.165) is 10.8 Å². The van der Waals surface area contributed by atoms with Gasteiger partial charge in [-0.05, 0) is 46.7 Å². The van der Waals surface area contributed by atoms with Crippen molar-refractivity contribution in [2.45, 2.75) is 6.04 Å². The molecule has 6 nitrogen and oxygen atoms in total. The van der Waals surface area contributed by atoms with Crippen molar-refractivity contribution >= 4 is 45.5 Å². The van der Waals surface area contributed by atoms with Gasteiger partial charge in [0.05, 0.1) is 18.7 Å². The first-order chi connectivity index (χ1) is 16.9. The molecule has 0 saturated carbocycles. The number of hydrogen-bond donors (Lipinski definition) is 2. The van der Waals surface area contributed by atoms with E-state index >= 15 is 0 Å². The van der Waals surface area contributed by atoms with Crippen LogP contribution in [0.5, 0.6) is 11.5 Å². The van der Waals surface area contributed by atoms with Gasteiger partial charge >= 0.3 is 0 Å². The Morgan fingerprint density at radius 2 is 1.69 bits per heavy atom. The lowest BCUT2D eigenvalue weighted by atomic mass is 9.93. The number of amides is 1. The number of methoxy groups -OCH3 is 1. The van der Waals surface area contributed by atoms with Gasteiger partial charge in [0.15, 0.2) is 11.5 Å². The molecule has 2 N–H and O–H groups in total. The zero-order chi connectivity index (χ0) is 24.7. The Hall–Kier alpha value is -4.29. The van der Waals surface area contributed by atoms with E-state index in [1.165, 1.54) is 18.1 Å². The molecule has 0 aromatic heterocycles. The van der Waals surface area contributed by atoms with Crippen LogP contribution < -0.4 is 9.64 Å². The number of nitrogens with zero attached hydrogens (tertiary/aromatic N) is 1. The number of aliphatic hydroxyl groups is 1. The Labute approximate surface area is 206 Å². The van der Waals surface area contributed by atoms with Gasteiger partial charge in [0.1, 0.15) is 5.76 Å². The van der Waals surface area contributed by atoms with Gasteiger partial charge in [-0.1, -0.05) is 66.2 Å². The summed E-state index contributed by atoms with van der Waals surface area (Å²) in [5.74, 6) is -1.87. The summed E-state index contributed by atoms with van der Waals surface area (Å²) in [5, 5.41) is 23.9. The van der Waals surface area contributed by atoms with Crippen molar-refractivity contribution in [3.8, 4) is 11.5 Å². The molecule has 4 aromatic rings. The van der Waals surface area contributed by atoms with Crippen LogP contribution in [0.1, 0.15) is 17.2 Å². The van der Waals surface area contributed by atoms with E-state index in [0.29, 0.717) is 21.8 Å². The number of hydrogen-bond acceptors (Lipinski definition) is 5. The van der Waals surface area contributed by atoms with Gasteiger partial charge in [-0.25, -0.2) is 0 Å². The third-order valence-corrected chi connectivity index (χ3v) is 6.33. The number of Topliss-reactive ketones (excluding diaryl/α,β-unsaturated/α-hetero) is 1. The lowest BCUT2D eigenvalue weighted by molar-refractivity contribution is -0.132. The quantitative estimate of drug-likeness (QED) is 0.215. The maximum absolute atomic E-state index is 13.4. The average molecular weight is 486 g/mol. The molecule has 0 bridgehead atoms. The molecule has 0 aliphatic carbocycles. The molecule has 35 heavy (non-hydrogen) atoms. The van der Waals surface area contributed by atoms with E-state index in [1.807, 2.05) is 30.3 Å². The molecule has 1 atom stereocenters. The number of ether oxygens (including phenoxy) is 1. The second kappa shape index (κ2) is 8.81. The molecule has 4 aromatic carbocycles. The number of fused-ring (bicyclic) bond motifs is 1. The average Bonchev–Trinajstić information content (AvgIpc) is 3.13. The van der Waals surface area contributed by atoms with Crippen molar-refractivity contribution in [1.82, 2.24) is 0 Å². The number of carbonyl (C=O) groups is 2. The van der Waals surface area contributed by atoms with Crippen LogP contribution in [0.4, 0.5) is 5.69 Å². The number of halogens is 1. The normalized spacial score (nSPS) is 17.2. The van der Waals surface area contributed by atoms with Crippen molar-refractivity contribution < 1.29 is 24.5 Å². The van der Waals surface area contributed by atoms with Crippen LogP contribution in [0.15, 0.2) is 90.5 Å². The number of aromatic hydroxyl groups is 1. The van der Waals surface area contributed by atoms with Gasteiger partial charge in [0.25, 0.3) is 11.7 Å². The molecular formula is C28H20ClNO5. The Kier molecular flexibility index (Phi) is 5.67. The number of rotatable bonds is 4. The van der Waals surface area contributed by atoms with Crippen molar-refractivity contribution in [3.05, 3.63) is 107 Å². The predicted octanol–water partition coefficient (Wildman–Crippen LogP) is 5.83. The highest BCUT2D eigenvalue weighted by Crippen LogP contribution is 2.44. The number of aliphatic hydroxyl groups excluding tert-OH is 1. The fraction of sp³-hybridized carbons (Fsp3) is 0.0714. The number of anilines is 1. The van der Waals surface area contributed by atoms with Crippen molar-refractivity contribution in [1.29, 1.82) is 0 Å². The van der Waals surface area contributed by atoms with Gasteiger partial charge < -0.3 is 14.9 Å². The topological polar surface area (TPSA) is 87.1 Å². The highest BCUT2D eigenvalue weighted by atomic mass is 35.5. The second-order valence-electron chi connectivity index (χ2n) is 8.11. The van der Waals surface area contributed by atoms with Crippen LogP contribution in [0.25, 0.3) is 16.5 Å². The maximum Gasteiger partial charge on any atom is 0.300 e. The summed E-state index contributed by atoms with van der Waals surface area (Å²) < 4.78 is 5.15. The molecule has 1 unspecified atom stereocenters. The molecule has 7 heteroatoms. The molecule has 1 aliphatic heterocycles. The van der Waals surface area contributed by atoms with E-state index in [9.17, 15) is 19.8 Å². The van der Waals surface area contributed by atoms with Crippen LogP contribution in [-0.4, -0.2) is 29.0 Å². The Morgan fingerprint density at radius 1 is 0.943 bits per heavy atom. The Bertz CT molecular complexity index is 1520. The first-order valence-electron chi connectivity index (χ1n) is 10.8. The standard InChI is InChI=1S/C28H20ClNO5/c1-35-23-13-12-17(14-22(23)31)25-24(26(32)21-11-4-7-16-6-2-3-10-20(16)21)27(33)28(34)30(25)19-9-5-8-18(29)15-19/h2-15,25,31-32H,1H3/b26-24-. The number of phenolic OH excluding ortho intramolecular Hbond substituents is 1. The first kappa shape index (κ1) is 22.5. The van der Waals surface area contributed by atoms with Crippen LogP contribution >= 0.6 is 11.6 Å². The summed E-state index contributed by atoms with van der Waals surface area (Å²) in [7, 11) is 1.42. The van der Waals surface area contributed by atoms with E-state index in [-0.39, 0.29) is 22.8 Å². The highest BCUT2D eigenvalue weighted by Gasteiger charge is 2.47. The maximum atomic E-state index is 13.4. The van der Waals surface area contributed by atoms with Gasteiger partial charge in [-0.15, -0.1) is 0 Å². The summed E-state index contributed by atoms with van der Waals surface area (Å²) in [6.07, 6.45) is 0. The predicted molar refractivity (Wildman–Crippen MR) is 135 cm³/mol. The van der Waals surface area contributed by atoms with Gasteiger partial charge in [-0.3, -0.25) is 14.5 Å². The van der Waals surface area contributed by atoms with E-state index < -0.39 is 17.7 Å². The zero-order valence-electron chi connectivity index (χ0n) is 18.6. The summed E-state index contributed by atoms with van der Waals surface area (Å²) in [5.41, 5.74) is 1.15. The monoisotopic (exact) mass is 485 g/mol. The number of ketones is 1. The lowest BCUT2D eigenvalue weighted by Crippen LogP contribution is -2.29. The van der Waals surface area contributed by atoms with Crippen LogP contribution in [-0.2, 0) is 9.59 Å². The minimum Gasteiger partial charge on any atom is -0.507 e. The van der Waals surface area contributed by atoms with E-state index in [2.05, 4.69) is 0 Å². The van der Waals surface area contributed by atoms with Gasteiger partial charge in [-0.2, -0.15) is 0 Å². The summed E-state index contributed by atoms with van der Waals surface area (Å²) >= 11 is 6.19. The highest BCUT2D eigenvalue weighted by molar-refractivity contribution is 6.52. The molecule has 5 rings (SSSR count). The molecule has 174 valence electrons. The van der Waals surface area contributed by atoms with Crippen LogP contribution in [0, 0.1) is 0 Å². The minimum absolute atomic E-state index is 0.0871. The second-order valence-corrected chi connectivity index (χ2v) is 8.54. The van der Waals surface area contributed by atoms with Gasteiger partial charge in [0.2, 0.25) is 0 Å². The third kappa shape index (κ3) is 3.78. The SMILES string of the molecule is COc1ccc(C2/C(=C(/O)c3cccc4ccccc34)C(=O)C(=O)N2c2cccc(Cl)c2)cc1O. The number of phenols is 1. The zero-order valence-corrected chi connectivity index (χ0v) is 19.4. The smallest absolute Gasteiger partial charge is 0.300 e. The van der Waals surface area contributed by atoms with Crippen molar-refractivity contribution in [3.63, 3.8) is 0 Å². The number of benzene rings is 4. The number of carbonyl (C=O) groups excluding carboxylic acids is 2. The Morgan fingerprint density at radius 3 is 2.43 bits per heavy atom. The molecule has 0 radical (unpaired) electrons. The molecule has 1 heterocycles. The molecule has 1 amide bonds. The van der Waals surface area contributed by atoms with E-state index in [4.69, 9.17) is 16.3 Å². The third-order valence-electron chi connectivity index (χ3n) is 6.09. The lowest BCUT2D eigenvalue weighted by Gasteiger charge is -2.26. The summed E-state index contributed by atoms with van der Waals surface area (Å²) in [6.45, 7) is 0. The van der Waals surface area contributed by atoms with Gasteiger partial charge in [0, 0.05) is 16.3 Å². The van der Waals surface area contributed by atoms with Crippen LogP contribution in [0.3, 0.4) is 0 Å². The molecule has 1 saturated heterocycles. The van der Waals surface area contributed by atoms with Crippen molar-refractivity contribution in [2.75, 3.05) is 12.0 Å². The van der Waals surface area contributed by atoms with E-state index in [1.54, 1.807) is 48.5 Å². The first-order valence-corrected chi connectivity index (χ1v) is 11.2. The Balaban J connectivity index is 1.79. The molecule has 0 spiro atoms. The van der Waals surface area contributed by atoms with Crippen LogP contribution in [0.2, 0.25) is 5.02 Å².